The fraction of sp³-hybridized carbons (Fsp3) is 0.200. The predicted octanol–water partition coefficient (Wildman–Crippen LogP) is 3.46. The van der Waals surface area contributed by atoms with E-state index in [1.54, 1.807) is 24.8 Å². The number of anilines is 1. The summed E-state index contributed by atoms with van der Waals surface area (Å²) in [5.74, 6) is 3.35. The molecule has 0 spiro atoms. The van der Waals surface area contributed by atoms with Gasteiger partial charge in [-0.2, -0.15) is 0 Å². The molecule has 1 N–H and O–H groups in total. The SMILES string of the molecule is Clc1cnc(CCSNc2nnc3n2C(c2cccnc2)COc2ncccc2-3)nc1. The highest BCUT2D eigenvalue weighted by Gasteiger charge is 2.29. The van der Waals surface area contributed by atoms with E-state index >= 15 is 0 Å². The van der Waals surface area contributed by atoms with Crippen molar-refractivity contribution in [3.63, 3.8) is 0 Å². The Kier molecular flexibility index (Phi) is 5.63. The van der Waals surface area contributed by atoms with Gasteiger partial charge in [-0.05, 0) is 35.7 Å². The van der Waals surface area contributed by atoms with Crippen LogP contribution in [0, 0.1) is 0 Å². The van der Waals surface area contributed by atoms with Gasteiger partial charge in [-0.3, -0.25) is 14.3 Å². The first kappa shape index (κ1) is 19.7. The first-order chi connectivity index (χ1) is 15.3. The number of pyridine rings is 2. The average Bonchev–Trinajstić information content (AvgIpc) is 3.15. The number of fused-ring (bicyclic) bond motifs is 3. The minimum atomic E-state index is -0.157. The van der Waals surface area contributed by atoms with Gasteiger partial charge in [-0.1, -0.05) is 17.7 Å². The van der Waals surface area contributed by atoms with Crippen LogP contribution in [0.5, 0.6) is 5.88 Å². The molecule has 0 saturated heterocycles. The lowest BCUT2D eigenvalue weighted by molar-refractivity contribution is 0.271. The van der Waals surface area contributed by atoms with Crippen molar-refractivity contribution in [1.29, 1.82) is 0 Å². The Labute approximate surface area is 187 Å². The van der Waals surface area contributed by atoms with Gasteiger partial charge >= 0.3 is 0 Å². The summed E-state index contributed by atoms with van der Waals surface area (Å²) in [7, 11) is 0. The molecule has 0 amide bonds. The van der Waals surface area contributed by atoms with Crippen LogP contribution in [-0.4, -0.2) is 47.1 Å². The molecule has 31 heavy (non-hydrogen) atoms. The Hall–Kier alpha value is -3.24. The lowest BCUT2D eigenvalue weighted by atomic mass is 10.1. The molecule has 0 radical (unpaired) electrons. The minimum Gasteiger partial charge on any atom is -0.475 e. The molecule has 4 aromatic heterocycles. The Bertz CT molecular complexity index is 1170. The smallest absolute Gasteiger partial charge is 0.235 e. The van der Waals surface area contributed by atoms with Crippen LogP contribution in [-0.2, 0) is 6.42 Å². The third-order valence-electron chi connectivity index (χ3n) is 4.73. The highest BCUT2D eigenvalue weighted by molar-refractivity contribution is 8.00. The fourth-order valence-corrected chi connectivity index (χ4v) is 4.05. The summed E-state index contributed by atoms with van der Waals surface area (Å²) in [6.45, 7) is 0.388. The van der Waals surface area contributed by atoms with Crippen LogP contribution >= 0.6 is 23.5 Å². The van der Waals surface area contributed by atoms with Gasteiger partial charge in [0.05, 0.1) is 16.6 Å². The third kappa shape index (κ3) is 4.17. The second-order valence-electron chi connectivity index (χ2n) is 6.70. The van der Waals surface area contributed by atoms with Gasteiger partial charge in [0.1, 0.15) is 12.4 Å². The molecule has 0 aliphatic carbocycles. The largest absolute Gasteiger partial charge is 0.475 e. The van der Waals surface area contributed by atoms with Crippen molar-refractivity contribution in [2.24, 2.45) is 0 Å². The monoisotopic (exact) mass is 452 g/mol. The molecule has 1 atom stereocenters. The van der Waals surface area contributed by atoms with Crippen LogP contribution in [0.2, 0.25) is 5.02 Å². The van der Waals surface area contributed by atoms with Gasteiger partial charge in [-0.25, -0.2) is 15.0 Å². The van der Waals surface area contributed by atoms with Crippen molar-refractivity contribution in [3.05, 3.63) is 71.7 Å². The molecule has 0 bridgehead atoms. The zero-order chi connectivity index (χ0) is 21.0. The first-order valence-electron chi connectivity index (χ1n) is 9.57. The van der Waals surface area contributed by atoms with Crippen molar-refractivity contribution in [3.8, 4) is 17.3 Å². The molecule has 5 heterocycles. The second-order valence-corrected chi connectivity index (χ2v) is 8.04. The summed E-state index contributed by atoms with van der Waals surface area (Å²) >= 11 is 7.35. The molecule has 5 rings (SSSR count). The van der Waals surface area contributed by atoms with Crippen molar-refractivity contribution in [1.82, 2.24) is 34.7 Å². The summed E-state index contributed by atoms with van der Waals surface area (Å²) in [4.78, 5) is 17.1. The molecule has 1 unspecified atom stereocenters. The highest BCUT2D eigenvalue weighted by Crippen LogP contribution is 2.36. The summed E-state index contributed by atoms with van der Waals surface area (Å²) in [6.07, 6.45) is 9.18. The molecule has 156 valence electrons. The Morgan fingerprint density at radius 2 is 1.97 bits per heavy atom. The molecular weight excluding hydrogens is 436 g/mol. The second kappa shape index (κ2) is 8.86. The maximum atomic E-state index is 6.02. The Morgan fingerprint density at radius 3 is 2.81 bits per heavy atom. The number of halogens is 1. The van der Waals surface area contributed by atoms with Crippen molar-refractivity contribution < 1.29 is 4.74 Å². The van der Waals surface area contributed by atoms with E-state index in [1.165, 1.54) is 11.9 Å². The van der Waals surface area contributed by atoms with Crippen LogP contribution in [0.15, 0.2) is 55.2 Å². The number of ether oxygens (including phenoxy) is 1. The number of aryl methyl sites for hydroxylation is 1. The molecule has 1 aliphatic heterocycles. The summed E-state index contributed by atoms with van der Waals surface area (Å²) < 4.78 is 11.4. The minimum absolute atomic E-state index is 0.157. The van der Waals surface area contributed by atoms with Crippen molar-refractivity contribution in [2.75, 3.05) is 17.1 Å². The Balaban J connectivity index is 1.40. The zero-order valence-corrected chi connectivity index (χ0v) is 17.8. The van der Waals surface area contributed by atoms with E-state index in [1.807, 2.05) is 35.0 Å². The van der Waals surface area contributed by atoms with Gasteiger partial charge < -0.3 is 4.74 Å². The maximum absolute atomic E-state index is 6.02. The number of nitrogens with one attached hydrogen (secondary N) is 1. The summed E-state index contributed by atoms with van der Waals surface area (Å²) in [5, 5.41) is 9.36. The molecule has 0 aromatic carbocycles. The number of hydrogen-bond donors (Lipinski definition) is 1. The van der Waals surface area contributed by atoms with Crippen molar-refractivity contribution in [2.45, 2.75) is 12.5 Å². The summed E-state index contributed by atoms with van der Waals surface area (Å²) in [5.41, 5.74) is 1.80. The fourth-order valence-electron chi connectivity index (χ4n) is 3.29. The standard InChI is InChI=1S/C20H17ClN8OS/c21-14-10-24-17(25-11-14)5-8-31-28-20-27-26-18-15-4-2-7-23-19(15)30-12-16(29(18)20)13-3-1-6-22-9-13/h1-4,6-7,9-11,16H,5,8,12H2,(H,27,28). The van der Waals surface area contributed by atoms with E-state index in [9.17, 15) is 0 Å². The molecule has 0 saturated carbocycles. The molecule has 0 fully saturated rings. The maximum Gasteiger partial charge on any atom is 0.235 e. The van der Waals surface area contributed by atoms with E-state index in [4.69, 9.17) is 16.3 Å². The molecular formula is C20H17ClN8OS. The third-order valence-corrected chi connectivity index (χ3v) is 5.66. The predicted molar refractivity (Wildman–Crippen MR) is 118 cm³/mol. The molecule has 9 nitrogen and oxygen atoms in total. The summed E-state index contributed by atoms with van der Waals surface area (Å²) in [6, 6.07) is 7.56. The van der Waals surface area contributed by atoms with Crippen LogP contribution in [0.4, 0.5) is 5.95 Å². The topological polar surface area (TPSA) is 104 Å². The van der Waals surface area contributed by atoms with Crippen LogP contribution < -0.4 is 9.46 Å². The highest BCUT2D eigenvalue weighted by atomic mass is 35.5. The van der Waals surface area contributed by atoms with Gasteiger partial charge in [0, 0.05) is 43.2 Å². The number of hydrogen-bond acceptors (Lipinski definition) is 9. The lowest BCUT2D eigenvalue weighted by Gasteiger charge is -2.19. The van der Waals surface area contributed by atoms with Crippen LogP contribution in [0.1, 0.15) is 17.4 Å². The van der Waals surface area contributed by atoms with E-state index < -0.39 is 0 Å². The van der Waals surface area contributed by atoms with Gasteiger partial charge in [-0.15, -0.1) is 10.2 Å². The molecule has 1 aliphatic rings. The average molecular weight is 453 g/mol. The van der Waals surface area contributed by atoms with Gasteiger partial charge in [0.2, 0.25) is 11.8 Å². The zero-order valence-electron chi connectivity index (χ0n) is 16.2. The molecule has 4 aromatic rings. The van der Waals surface area contributed by atoms with E-state index in [0.717, 1.165) is 22.7 Å². The molecule has 11 heteroatoms. The quantitative estimate of drug-likeness (QED) is 0.348. The van der Waals surface area contributed by atoms with Gasteiger partial charge in [0.25, 0.3) is 0 Å². The van der Waals surface area contributed by atoms with Crippen LogP contribution in [0.3, 0.4) is 0 Å². The van der Waals surface area contributed by atoms with E-state index in [-0.39, 0.29) is 6.04 Å². The normalized spacial score (nSPS) is 14.8. The van der Waals surface area contributed by atoms with Crippen molar-refractivity contribution >= 4 is 29.5 Å². The first-order valence-corrected chi connectivity index (χ1v) is 10.9. The van der Waals surface area contributed by atoms with Crippen LogP contribution in [0.25, 0.3) is 11.4 Å². The number of aromatic nitrogens is 7. The number of rotatable bonds is 6. The lowest BCUT2D eigenvalue weighted by Crippen LogP contribution is -2.19. The van der Waals surface area contributed by atoms with Gasteiger partial charge in [0.15, 0.2) is 5.82 Å². The number of nitrogens with zero attached hydrogens (tertiary/aromatic N) is 7. The van der Waals surface area contributed by atoms with E-state index in [0.29, 0.717) is 35.7 Å². The Morgan fingerprint density at radius 1 is 1.10 bits per heavy atom. The van der Waals surface area contributed by atoms with E-state index in [2.05, 4.69) is 34.9 Å².